The van der Waals surface area contributed by atoms with Crippen LogP contribution in [-0.2, 0) is 19.1 Å². The smallest absolute Gasteiger partial charge is 0.302 e. The minimum Gasteiger partial charge on any atom is -0.463 e. The predicted octanol–water partition coefficient (Wildman–Crippen LogP) is 4.34. The first-order valence-electron chi connectivity index (χ1n) is 11.5. The number of hydrogen-bond acceptors (Lipinski definition) is 5. The van der Waals surface area contributed by atoms with E-state index in [1.54, 1.807) is 0 Å². The summed E-state index contributed by atoms with van der Waals surface area (Å²) in [5.74, 6) is 0.473. The van der Waals surface area contributed by atoms with E-state index in [2.05, 4.69) is 26.0 Å². The topological polar surface area (TPSA) is 72.8 Å². The Hall–Kier alpha value is -1.62. The molecule has 5 heteroatoms. The third-order valence-electron chi connectivity index (χ3n) is 8.89. The molecule has 0 aromatic carbocycles. The predicted molar refractivity (Wildman–Crippen MR) is 113 cm³/mol. The highest BCUT2D eigenvalue weighted by Crippen LogP contribution is 2.65. The van der Waals surface area contributed by atoms with Gasteiger partial charge in [0.2, 0.25) is 0 Å². The Kier molecular flexibility index (Phi) is 5.41. The number of ether oxygens (including phenoxy) is 2. The summed E-state index contributed by atoms with van der Waals surface area (Å²) in [6.45, 7) is 9.43. The second-order valence-corrected chi connectivity index (χ2v) is 10.4. The monoisotopic (exact) mass is 416 g/mol. The minimum atomic E-state index is -0.446. The van der Waals surface area contributed by atoms with Crippen molar-refractivity contribution in [2.45, 2.75) is 91.5 Å². The SMILES string of the molecule is CC(=O)OC(C)[C@H]1CC=C2C3CC=C4C[C@@H](OC(C)=O)CC[C@]4(C)C3C[C@H](O)[C@@]21C. The summed E-state index contributed by atoms with van der Waals surface area (Å²) in [6, 6.07) is 0. The molecule has 0 amide bonds. The lowest BCUT2D eigenvalue weighted by atomic mass is 9.48. The summed E-state index contributed by atoms with van der Waals surface area (Å²) < 4.78 is 11.1. The number of allylic oxidation sites excluding steroid dienone is 2. The first kappa shape index (κ1) is 21.6. The van der Waals surface area contributed by atoms with Crippen LogP contribution < -0.4 is 0 Å². The maximum atomic E-state index is 11.5. The van der Waals surface area contributed by atoms with Gasteiger partial charge in [0, 0.05) is 31.6 Å². The van der Waals surface area contributed by atoms with Gasteiger partial charge in [0.05, 0.1) is 6.10 Å². The van der Waals surface area contributed by atoms with E-state index in [9.17, 15) is 14.7 Å². The third-order valence-corrected chi connectivity index (χ3v) is 8.89. The quantitative estimate of drug-likeness (QED) is 0.547. The first-order chi connectivity index (χ1) is 14.1. The first-order valence-corrected chi connectivity index (χ1v) is 11.5. The Labute approximate surface area is 179 Å². The molecule has 4 rings (SSSR count). The van der Waals surface area contributed by atoms with Crippen LogP contribution in [0, 0.1) is 28.6 Å². The number of fused-ring (bicyclic) bond motifs is 5. The van der Waals surface area contributed by atoms with Gasteiger partial charge in [0.1, 0.15) is 12.2 Å². The van der Waals surface area contributed by atoms with Crippen LogP contribution in [0.1, 0.15) is 73.1 Å². The number of hydrogen-bond donors (Lipinski definition) is 1. The molecule has 3 unspecified atom stereocenters. The van der Waals surface area contributed by atoms with Crippen LogP contribution in [0.25, 0.3) is 0 Å². The van der Waals surface area contributed by atoms with Crippen molar-refractivity contribution in [3.63, 3.8) is 0 Å². The molecule has 30 heavy (non-hydrogen) atoms. The van der Waals surface area contributed by atoms with E-state index >= 15 is 0 Å². The second-order valence-electron chi connectivity index (χ2n) is 10.4. The zero-order chi connectivity index (χ0) is 21.8. The molecule has 0 bridgehead atoms. The molecule has 0 spiro atoms. The number of esters is 2. The minimum absolute atomic E-state index is 0.0168. The molecular weight excluding hydrogens is 380 g/mol. The summed E-state index contributed by atoms with van der Waals surface area (Å²) in [4.78, 5) is 23.0. The van der Waals surface area contributed by atoms with Crippen molar-refractivity contribution in [3.05, 3.63) is 23.3 Å². The van der Waals surface area contributed by atoms with Crippen molar-refractivity contribution >= 4 is 11.9 Å². The Morgan fingerprint density at radius 2 is 1.90 bits per heavy atom. The molecule has 0 aromatic heterocycles. The number of rotatable bonds is 3. The Morgan fingerprint density at radius 3 is 2.57 bits per heavy atom. The van der Waals surface area contributed by atoms with Gasteiger partial charge in [-0.1, -0.05) is 37.1 Å². The van der Waals surface area contributed by atoms with E-state index in [1.807, 2.05) is 6.92 Å². The molecule has 1 N–H and O–H groups in total. The number of aliphatic hydroxyl groups excluding tert-OH is 1. The van der Waals surface area contributed by atoms with E-state index in [-0.39, 0.29) is 40.9 Å². The molecule has 4 aliphatic rings. The average Bonchev–Trinajstić information content (AvgIpc) is 3.01. The number of aliphatic hydroxyl groups is 1. The fraction of sp³-hybridized carbons (Fsp3) is 0.760. The van der Waals surface area contributed by atoms with Gasteiger partial charge in [-0.2, -0.15) is 0 Å². The lowest BCUT2D eigenvalue weighted by Gasteiger charge is -2.58. The van der Waals surface area contributed by atoms with Gasteiger partial charge in [-0.15, -0.1) is 0 Å². The molecule has 166 valence electrons. The zero-order valence-electron chi connectivity index (χ0n) is 18.9. The lowest BCUT2D eigenvalue weighted by molar-refractivity contribution is -0.154. The summed E-state index contributed by atoms with van der Waals surface area (Å²) >= 11 is 0. The van der Waals surface area contributed by atoms with E-state index in [1.165, 1.54) is 25.0 Å². The number of carbonyl (C=O) groups excluding carboxylic acids is 2. The summed E-state index contributed by atoms with van der Waals surface area (Å²) in [5.41, 5.74) is 2.48. The molecule has 8 atom stereocenters. The van der Waals surface area contributed by atoms with Crippen molar-refractivity contribution in [2.24, 2.45) is 28.6 Å². The zero-order valence-corrected chi connectivity index (χ0v) is 18.9. The Morgan fingerprint density at radius 1 is 1.17 bits per heavy atom. The average molecular weight is 417 g/mol. The van der Waals surface area contributed by atoms with E-state index in [4.69, 9.17) is 9.47 Å². The van der Waals surface area contributed by atoms with Gasteiger partial charge in [-0.3, -0.25) is 9.59 Å². The standard InChI is InChI=1S/C25H36O5/c1-14(29-15(2)26)20-8-9-21-19-7-6-17-12-18(30-16(3)27)10-11-24(17,4)22(19)13-23(28)25(20,21)5/h6,9,14,18-20,22-23,28H,7-8,10-13H2,1-5H3/t14?,18-,19?,20+,22?,23-,24-,25+/m0/s1. The second kappa shape index (κ2) is 7.51. The van der Waals surface area contributed by atoms with Gasteiger partial charge < -0.3 is 14.6 Å². The molecule has 0 heterocycles. The van der Waals surface area contributed by atoms with Gasteiger partial charge >= 0.3 is 11.9 Å². The van der Waals surface area contributed by atoms with E-state index < -0.39 is 6.10 Å². The van der Waals surface area contributed by atoms with Gasteiger partial charge in [-0.05, 0) is 56.3 Å². The van der Waals surface area contributed by atoms with E-state index in [0.29, 0.717) is 11.8 Å². The van der Waals surface area contributed by atoms with Crippen molar-refractivity contribution < 1.29 is 24.2 Å². The van der Waals surface area contributed by atoms with Crippen molar-refractivity contribution in [1.82, 2.24) is 0 Å². The van der Waals surface area contributed by atoms with Crippen LogP contribution in [0.5, 0.6) is 0 Å². The van der Waals surface area contributed by atoms with Crippen LogP contribution >= 0.6 is 0 Å². The molecule has 4 aliphatic carbocycles. The number of carbonyl (C=O) groups is 2. The lowest BCUT2D eigenvalue weighted by Crippen LogP contribution is -2.55. The molecular formula is C25H36O5. The third kappa shape index (κ3) is 3.24. The largest absolute Gasteiger partial charge is 0.463 e. The highest BCUT2D eigenvalue weighted by molar-refractivity contribution is 5.66. The Balaban J connectivity index is 1.60. The summed E-state index contributed by atoms with van der Waals surface area (Å²) in [5, 5.41) is 11.4. The van der Waals surface area contributed by atoms with Crippen molar-refractivity contribution in [1.29, 1.82) is 0 Å². The van der Waals surface area contributed by atoms with Crippen LogP contribution in [0.15, 0.2) is 23.3 Å². The summed E-state index contributed by atoms with van der Waals surface area (Å²) in [6.07, 6.45) is 9.33. The molecule has 0 saturated heterocycles. The Bertz CT molecular complexity index is 797. The van der Waals surface area contributed by atoms with Crippen molar-refractivity contribution in [3.8, 4) is 0 Å². The van der Waals surface area contributed by atoms with E-state index in [0.717, 1.165) is 38.5 Å². The van der Waals surface area contributed by atoms with Gasteiger partial charge in [0.25, 0.3) is 0 Å². The fourth-order valence-corrected chi connectivity index (χ4v) is 7.35. The van der Waals surface area contributed by atoms with Crippen LogP contribution in [0.4, 0.5) is 0 Å². The molecule has 0 radical (unpaired) electrons. The van der Waals surface area contributed by atoms with Gasteiger partial charge in [-0.25, -0.2) is 0 Å². The molecule has 5 nitrogen and oxygen atoms in total. The van der Waals surface area contributed by atoms with Crippen molar-refractivity contribution in [2.75, 3.05) is 0 Å². The molecule has 2 fully saturated rings. The normalized spacial score (nSPS) is 43.3. The highest BCUT2D eigenvalue weighted by atomic mass is 16.5. The maximum Gasteiger partial charge on any atom is 0.302 e. The molecule has 0 aromatic rings. The fourth-order valence-electron chi connectivity index (χ4n) is 7.35. The molecule has 0 aliphatic heterocycles. The van der Waals surface area contributed by atoms with Gasteiger partial charge in [0.15, 0.2) is 0 Å². The van der Waals surface area contributed by atoms with Crippen LogP contribution in [0.2, 0.25) is 0 Å². The van der Waals surface area contributed by atoms with Crippen LogP contribution in [-0.4, -0.2) is 35.4 Å². The molecule has 2 saturated carbocycles. The maximum absolute atomic E-state index is 11.5. The van der Waals surface area contributed by atoms with Crippen LogP contribution in [0.3, 0.4) is 0 Å². The summed E-state index contributed by atoms with van der Waals surface area (Å²) in [7, 11) is 0. The highest BCUT2D eigenvalue weighted by Gasteiger charge is 2.60.